The second-order valence-corrected chi connectivity index (χ2v) is 34.9. The molecule has 0 bridgehead atoms. The first-order valence-electron chi connectivity index (χ1n) is 30.9. The van der Waals surface area contributed by atoms with Gasteiger partial charge in [-0.15, -0.1) is 0 Å². The van der Waals surface area contributed by atoms with Crippen LogP contribution in [0.5, 0.6) is 0 Å². The zero-order valence-corrected chi connectivity index (χ0v) is 48.0. The Morgan fingerprint density at radius 1 is 0.206 bits per heavy atom. The summed E-state index contributed by atoms with van der Waals surface area (Å²) >= 11 is 0. The minimum absolute atomic E-state index is 1.36. The molecular weight excluding hydrogens is 849 g/mol. The molecule has 0 spiro atoms. The summed E-state index contributed by atoms with van der Waals surface area (Å²) in [5.41, 5.74) is 0. The van der Waals surface area contributed by atoms with E-state index in [4.69, 9.17) is 0 Å². The van der Waals surface area contributed by atoms with Gasteiger partial charge in [-0.2, -0.15) is 0 Å². The molecule has 0 heterocycles. The Labute approximate surface area is 428 Å². The molecule has 3 aromatic rings. The third kappa shape index (κ3) is 25.5. The second-order valence-electron chi connectivity index (χ2n) is 22.2. The first-order valence-corrected chi connectivity index (χ1v) is 36.5. The highest BCUT2D eigenvalue weighted by Crippen LogP contribution is 2.38. The summed E-state index contributed by atoms with van der Waals surface area (Å²) in [6.45, 7) is 6.99. The van der Waals surface area contributed by atoms with Crippen molar-refractivity contribution in [1.82, 2.24) is 0 Å². The monoisotopic (exact) mass is 963 g/mol. The van der Waals surface area contributed by atoms with Crippen molar-refractivity contribution in [2.45, 2.75) is 309 Å². The third-order valence-electron chi connectivity index (χ3n) is 16.4. The van der Waals surface area contributed by atoms with Gasteiger partial charge in [0.25, 0.3) is 0 Å². The van der Waals surface area contributed by atoms with E-state index in [1.54, 1.807) is 15.6 Å². The van der Waals surface area contributed by atoms with Crippen LogP contribution < -0.4 is 15.6 Å². The van der Waals surface area contributed by atoms with Crippen molar-refractivity contribution in [3.05, 3.63) is 91.0 Å². The summed E-state index contributed by atoms with van der Waals surface area (Å²) in [6.07, 6.45) is 60.7. The van der Waals surface area contributed by atoms with E-state index in [0.29, 0.717) is 0 Å². The standard InChI is InChI=1S/C66H114Si2/c1-4-7-10-13-16-19-22-25-28-31-34-37-40-52-61-67(62-53-41-38-35-32-29-26-23-20-17-14-11-8-5-2,63-54-42-39-36-33-30-27-24-21-18-15-12-9-6-3)68(64-55-46-43-47-56-64,65-57-48-44-49-58-65)66-59-50-45-51-60-66/h43-51,55-60H,4-42,52-54,61-63H2,1-3H3. The van der Waals surface area contributed by atoms with Gasteiger partial charge in [0.05, 0.1) is 7.59 Å². The molecule has 0 aromatic heterocycles. The molecule has 0 fully saturated rings. The number of benzene rings is 3. The van der Waals surface area contributed by atoms with E-state index >= 15 is 0 Å². The second kappa shape index (κ2) is 42.7. The van der Waals surface area contributed by atoms with Gasteiger partial charge in [0, 0.05) is 0 Å². The molecule has 0 N–H and O–H groups in total. The van der Waals surface area contributed by atoms with Gasteiger partial charge in [-0.25, -0.2) is 0 Å². The number of hydrogen-bond acceptors (Lipinski definition) is 0. The SMILES string of the molecule is CCCCCCCCCCCCCCCC[Si](CCCCCCCCCCCCCCCC)(CCCCCCCCCCCCCCCC)[Si](c1ccccc1)(c1ccccc1)c1ccccc1. The molecule has 0 saturated carbocycles. The summed E-state index contributed by atoms with van der Waals surface area (Å²) < 4.78 is 0. The van der Waals surface area contributed by atoms with Crippen LogP contribution in [0.4, 0.5) is 0 Å². The van der Waals surface area contributed by atoms with Crippen molar-refractivity contribution < 1.29 is 0 Å². The van der Waals surface area contributed by atoms with Crippen LogP contribution in [0.3, 0.4) is 0 Å². The highest BCUT2D eigenvalue weighted by atomic mass is 29.3. The van der Waals surface area contributed by atoms with Crippen molar-refractivity contribution in [3.8, 4) is 0 Å². The molecule has 0 saturated heterocycles. The quantitative estimate of drug-likeness (QED) is 0.0301. The van der Waals surface area contributed by atoms with Gasteiger partial charge in [0.2, 0.25) is 0 Å². The van der Waals surface area contributed by atoms with E-state index in [1.165, 1.54) is 288 Å². The van der Waals surface area contributed by atoms with Crippen LogP contribution in [-0.4, -0.2) is 15.2 Å². The Morgan fingerprint density at radius 3 is 0.544 bits per heavy atom. The molecule has 386 valence electrons. The predicted octanol–water partition coefficient (Wildman–Crippen LogP) is 21.1. The molecule has 0 amide bonds. The van der Waals surface area contributed by atoms with E-state index in [1.807, 2.05) is 0 Å². The average Bonchev–Trinajstić information content (AvgIpc) is 3.37. The van der Waals surface area contributed by atoms with Crippen molar-refractivity contribution in [1.29, 1.82) is 0 Å². The van der Waals surface area contributed by atoms with Gasteiger partial charge in [-0.3, -0.25) is 0 Å². The Hall–Kier alpha value is -1.91. The largest absolute Gasteiger partial charge is 0.139 e. The van der Waals surface area contributed by atoms with Gasteiger partial charge < -0.3 is 0 Å². The lowest BCUT2D eigenvalue weighted by Crippen LogP contribution is -2.82. The van der Waals surface area contributed by atoms with E-state index < -0.39 is 15.2 Å². The van der Waals surface area contributed by atoms with Gasteiger partial charge >= 0.3 is 0 Å². The molecule has 0 aliphatic rings. The maximum Gasteiger partial charge on any atom is 0.139 e. The lowest BCUT2D eigenvalue weighted by Gasteiger charge is -2.50. The van der Waals surface area contributed by atoms with Crippen molar-refractivity contribution >= 4 is 30.7 Å². The van der Waals surface area contributed by atoms with Gasteiger partial charge in [-0.1, -0.05) is 415 Å². The fourth-order valence-electron chi connectivity index (χ4n) is 12.4. The molecule has 0 unspecified atom stereocenters. The highest BCUT2D eigenvalue weighted by Gasteiger charge is 2.56. The normalized spacial score (nSPS) is 12.0. The molecule has 2 heteroatoms. The Kier molecular flexibility index (Phi) is 38.0. The number of hydrogen-bond donors (Lipinski definition) is 0. The summed E-state index contributed by atoms with van der Waals surface area (Å²) in [7, 11) is -4.35. The molecule has 0 nitrogen and oxygen atoms in total. The topological polar surface area (TPSA) is 0 Å². The Morgan fingerprint density at radius 2 is 0.368 bits per heavy atom. The van der Waals surface area contributed by atoms with Crippen LogP contribution in [0, 0.1) is 0 Å². The van der Waals surface area contributed by atoms with Crippen LogP contribution in [0.25, 0.3) is 0 Å². The van der Waals surface area contributed by atoms with Gasteiger partial charge in [0.15, 0.2) is 0 Å². The predicted molar refractivity (Wildman–Crippen MR) is 315 cm³/mol. The zero-order chi connectivity index (χ0) is 48.2. The molecule has 68 heavy (non-hydrogen) atoms. The van der Waals surface area contributed by atoms with Crippen LogP contribution >= 0.6 is 0 Å². The summed E-state index contributed by atoms with van der Waals surface area (Å²) in [6, 6.07) is 41.4. The van der Waals surface area contributed by atoms with Crippen LogP contribution in [-0.2, 0) is 0 Å². The summed E-state index contributed by atoms with van der Waals surface area (Å²) in [5, 5.41) is 5.14. The molecule has 0 aliphatic heterocycles. The first kappa shape index (κ1) is 60.4. The summed E-state index contributed by atoms with van der Waals surface area (Å²) in [5.74, 6) is 0. The number of unbranched alkanes of at least 4 members (excludes halogenated alkanes) is 39. The maximum atomic E-state index is 2.61. The van der Waals surface area contributed by atoms with Crippen molar-refractivity contribution in [2.24, 2.45) is 0 Å². The highest BCUT2D eigenvalue weighted by molar-refractivity contribution is 7.56. The molecular formula is C66H114Si2. The number of rotatable bonds is 49. The van der Waals surface area contributed by atoms with Crippen molar-refractivity contribution in [2.75, 3.05) is 0 Å². The lowest BCUT2D eigenvalue weighted by atomic mass is 10.0. The molecule has 0 radical (unpaired) electrons. The molecule has 0 atom stereocenters. The maximum absolute atomic E-state index is 2.61. The molecule has 3 aromatic carbocycles. The van der Waals surface area contributed by atoms with E-state index in [0.717, 1.165) is 0 Å². The summed E-state index contributed by atoms with van der Waals surface area (Å²) in [4.78, 5) is 0. The lowest BCUT2D eigenvalue weighted by molar-refractivity contribution is 0.535. The van der Waals surface area contributed by atoms with Crippen molar-refractivity contribution in [3.63, 3.8) is 0 Å². The van der Waals surface area contributed by atoms with Crippen LogP contribution in [0.1, 0.15) is 290 Å². The molecule has 0 aliphatic carbocycles. The van der Waals surface area contributed by atoms with Crippen LogP contribution in [0.15, 0.2) is 91.0 Å². The smallest absolute Gasteiger partial charge is 0.0654 e. The van der Waals surface area contributed by atoms with Crippen LogP contribution in [0.2, 0.25) is 18.1 Å². The Bertz CT molecular complexity index is 1290. The zero-order valence-electron chi connectivity index (χ0n) is 46.0. The average molecular weight is 964 g/mol. The van der Waals surface area contributed by atoms with E-state index in [2.05, 4.69) is 112 Å². The third-order valence-corrected chi connectivity index (χ3v) is 35.2. The first-order chi connectivity index (χ1) is 33.7. The molecule has 3 rings (SSSR count). The minimum Gasteiger partial charge on any atom is -0.0654 e. The minimum atomic E-state index is -2.38. The Balaban J connectivity index is 1.76. The van der Waals surface area contributed by atoms with Gasteiger partial charge in [0.1, 0.15) is 7.59 Å². The van der Waals surface area contributed by atoms with E-state index in [-0.39, 0.29) is 0 Å². The fraction of sp³-hybridized carbons (Fsp3) is 0.727. The van der Waals surface area contributed by atoms with Gasteiger partial charge in [-0.05, 0) is 0 Å². The fourth-order valence-corrected chi connectivity index (χ4v) is 33.9. The van der Waals surface area contributed by atoms with E-state index in [9.17, 15) is 0 Å².